The first kappa shape index (κ1) is 14.3. The molecule has 1 saturated carbocycles. The summed E-state index contributed by atoms with van der Waals surface area (Å²) in [5.74, 6) is 0.847. The second-order valence-electron chi connectivity index (χ2n) is 4.87. The maximum atomic E-state index is 11.9. The van der Waals surface area contributed by atoms with Crippen molar-refractivity contribution in [3.05, 3.63) is 28.8 Å². The van der Waals surface area contributed by atoms with E-state index in [1.807, 2.05) is 0 Å². The van der Waals surface area contributed by atoms with Crippen LogP contribution in [0, 0.1) is 11.8 Å². The molecular formula is C12H15ClN2O3S. The molecule has 0 radical (unpaired) electrons. The maximum absolute atomic E-state index is 11.9. The molecule has 19 heavy (non-hydrogen) atoms. The Morgan fingerprint density at radius 3 is 2.68 bits per heavy atom. The number of halogens is 1. The molecule has 7 heteroatoms. The molecule has 1 amide bonds. The number of nitrogens with one attached hydrogen (secondary N) is 1. The van der Waals surface area contributed by atoms with E-state index in [4.69, 9.17) is 16.7 Å². The van der Waals surface area contributed by atoms with Crippen molar-refractivity contribution in [1.29, 1.82) is 0 Å². The lowest BCUT2D eigenvalue weighted by molar-refractivity contribution is 0.0951. The highest BCUT2D eigenvalue weighted by atomic mass is 35.5. The molecule has 0 aromatic heterocycles. The van der Waals surface area contributed by atoms with Crippen LogP contribution >= 0.6 is 11.6 Å². The topological polar surface area (TPSA) is 89.3 Å². The summed E-state index contributed by atoms with van der Waals surface area (Å²) in [6.45, 7) is 2.73. The SMILES string of the molecule is C[C@@H]1C[C@H]1CNC(=O)c1ccc(Cl)c(S(N)(=O)=O)c1. The lowest BCUT2D eigenvalue weighted by Crippen LogP contribution is -2.26. The summed E-state index contributed by atoms with van der Waals surface area (Å²) >= 11 is 5.75. The van der Waals surface area contributed by atoms with E-state index in [1.165, 1.54) is 18.2 Å². The molecule has 1 aromatic rings. The number of carbonyl (C=O) groups excluding carboxylic acids is 1. The lowest BCUT2D eigenvalue weighted by atomic mass is 10.2. The number of rotatable bonds is 4. The molecule has 2 rings (SSSR count). The van der Waals surface area contributed by atoms with Crippen molar-refractivity contribution < 1.29 is 13.2 Å². The van der Waals surface area contributed by atoms with Crippen molar-refractivity contribution in [2.75, 3.05) is 6.54 Å². The Hall–Kier alpha value is -1.11. The summed E-state index contributed by atoms with van der Waals surface area (Å²) in [7, 11) is -3.93. The number of amides is 1. The third-order valence-electron chi connectivity index (χ3n) is 3.30. The summed E-state index contributed by atoms with van der Waals surface area (Å²) in [4.78, 5) is 11.6. The van der Waals surface area contributed by atoms with E-state index in [0.717, 1.165) is 6.42 Å². The average molecular weight is 303 g/mol. The molecule has 104 valence electrons. The Morgan fingerprint density at radius 2 is 2.16 bits per heavy atom. The van der Waals surface area contributed by atoms with Gasteiger partial charge in [0, 0.05) is 12.1 Å². The molecule has 0 unspecified atom stereocenters. The first-order valence-corrected chi connectivity index (χ1v) is 7.82. The van der Waals surface area contributed by atoms with Crippen LogP contribution in [0.2, 0.25) is 5.02 Å². The van der Waals surface area contributed by atoms with Crippen LogP contribution in [0.3, 0.4) is 0 Å². The van der Waals surface area contributed by atoms with Gasteiger partial charge in [0.15, 0.2) is 0 Å². The molecule has 1 aromatic carbocycles. The number of sulfonamides is 1. The van der Waals surface area contributed by atoms with Gasteiger partial charge >= 0.3 is 0 Å². The predicted molar refractivity (Wildman–Crippen MR) is 72.4 cm³/mol. The number of carbonyl (C=O) groups is 1. The van der Waals surface area contributed by atoms with Crippen LogP contribution < -0.4 is 10.5 Å². The van der Waals surface area contributed by atoms with Gasteiger partial charge in [0.25, 0.3) is 5.91 Å². The van der Waals surface area contributed by atoms with E-state index in [1.54, 1.807) is 0 Å². The lowest BCUT2D eigenvalue weighted by Gasteiger charge is -2.07. The molecule has 0 spiro atoms. The highest BCUT2D eigenvalue weighted by molar-refractivity contribution is 7.89. The normalized spacial score (nSPS) is 22.1. The van der Waals surface area contributed by atoms with Crippen molar-refractivity contribution >= 4 is 27.5 Å². The van der Waals surface area contributed by atoms with Gasteiger partial charge in [0.1, 0.15) is 4.90 Å². The zero-order chi connectivity index (χ0) is 14.2. The van der Waals surface area contributed by atoms with E-state index in [2.05, 4.69) is 12.2 Å². The maximum Gasteiger partial charge on any atom is 0.251 e. The third-order valence-corrected chi connectivity index (χ3v) is 4.69. The molecule has 1 fully saturated rings. The second-order valence-corrected chi connectivity index (χ2v) is 6.81. The standard InChI is InChI=1S/C12H15ClN2O3S/c1-7-4-9(7)6-15-12(16)8-2-3-10(13)11(5-8)19(14,17)18/h2-3,5,7,9H,4,6H2,1H3,(H,15,16)(H2,14,17,18)/t7-,9+/m1/s1. The highest BCUT2D eigenvalue weighted by Gasteiger charge is 2.32. The minimum Gasteiger partial charge on any atom is -0.352 e. The molecule has 0 heterocycles. The minimum absolute atomic E-state index is 0.00913. The summed E-state index contributed by atoms with van der Waals surface area (Å²) < 4.78 is 22.6. The van der Waals surface area contributed by atoms with Gasteiger partial charge < -0.3 is 5.32 Å². The monoisotopic (exact) mass is 302 g/mol. The van der Waals surface area contributed by atoms with Gasteiger partial charge in [0.05, 0.1) is 5.02 Å². The Labute approximate surface area is 117 Å². The van der Waals surface area contributed by atoms with E-state index < -0.39 is 10.0 Å². The van der Waals surface area contributed by atoms with Gasteiger partial charge in [0.2, 0.25) is 10.0 Å². The van der Waals surface area contributed by atoms with Crippen molar-refractivity contribution in [1.82, 2.24) is 5.32 Å². The second kappa shape index (κ2) is 5.11. The Kier molecular flexibility index (Phi) is 3.85. The first-order valence-electron chi connectivity index (χ1n) is 5.89. The Balaban J connectivity index is 2.14. The third kappa shape index (κ3) is 3.46. The minimum atomic E-state index is -3.93. The highest BCUT2D eigenvalue weighted by Crippen LogP contribution is 2.36. The van der Waals surface area contributed by atoms with Crippen LogP contribution in [0.4, 0.5) is 0 Å². The first-order chi connectivity index (χ1) is 8.79. The van der Waals surface area contributed by atoms with Crippen LogP contribution in [0.1, 0.15) is 23.7 Å². The number of benzene rings is 1. The van der Waals surface area contributed by atoms with Crippen LogP contribution in [0.25, 0.3) is 0 Å². The van der Waals surface area contributed by atoms with Gasteiger partial charge in [-0.1, -0.05) is 18.5 Å². The van der Waals surface area contributed by atoms with E-state index >= 15 is 0 Å². The fraction of sp³-hybridized carbons (Fsp3) is 0.417. The van der Waals surface area contributed by atoms with Crippen LogP contribution in [-0.4, -0.2) is 20.9 Å². The molecule has 2 atom stereocenters. The number of hydrogen-bond donors (Lipinski definition) is 2. The zero-order valence-corrected chi connectivity index (χ0v) is 12.0. The van der Waals surface area contributed by atoms with Crippen LogP contribution in [0.5, 0.6) is 0 Å². The van der Waals surface area contributed by atoms with E-state index in [9.17, 15) is 13.2 Å². The van der Waals surface area contributed by atoms with Crippen LogP contribution in [0.15, 0.2) is 23.1 Å². The average Bonchev–Trinajstić information content (AvgIpc) is 3.01. The molecule has 0 bridgehead atoms. The molecular weight excluding hydrogens is 288 g/mol. The zero-order valence-electron chi connectivity index (χ0n) is 10.4. The summed E-state index contributed by atoms with van der Waals surface area (Å²) in [6, 6.07) is 4.03. The van der Waals surface area contributed by atoms with E-state index in [0.29, 0.717) is 18.4 Å². The van der Waals surface area contributed by atoms with Gasteiger partial charge in [-0.05, 0) is 36.5 Å². The Bertz CT molecular complexity index is 615. The molecule has 1 aliphatic rings. The van der Waals surface area contributed by atoms with Crippen LogP contribution in [-0.2, 0) is 10.0 Å². The summed E-state index contributed by atoms with van der Waals surface area (Å²) in [5, 5.41) is 7.81. The van der Waals surface area contributed by atoms with E-state index in [-0.39, 0.29) is 21.4 Å². The number of primary sulfonamides is 1. The van der Waals surface area contributed by atoms with Crippen molar-refractivity contribution in [3.63, 3.8) is 0 Å². The number of nitrogens with two attached hydrogens (primary N) is 1. The fourth-order valence-electron chi connectivity index (χ4n) is 1.87. The van der Waals surface area contributed by atoms with Gasteiger partial charge in [-0.25, -0.2) is 13.6 Å². The number of hydrogen-bond acceptors (Lipinski definition) is 3. The molecule has 0 aliphatic heterocycles. The van der Waals surface area contributed by atoms with Gasteiger partial charge in [-0.2, -0.15) is 0 Å². The molecule has 5 nitrogen and oxygen atoms in total. The fourth-order valence-corrected chi connectivity index (χ4v) is 2.94. The Morgan fingerprint density at radius 1 is 1.53 bits per heavy atom. The molecule has 0 saturated heterocycles. The summed E-state index contributed by atoms with van der Waals surface area (Å²) in [6.07, 6.45) is 1.11. The van der Waals surface area contributed by atoms with Crippen molar-refractivity contribution in [3.8, 4) is 0 Å². The van der Waals surface area contributed by atoms with Crippen molar-refractivity contribution in [2.45, 2.75) is 18.2 Å². The summed E-state index contributed by atoms with van der Waals surface area (Å²) in [5.41, 5.74) is 0.238. The molecule has 3 N–H and O–H groups in total. The van der Waals surface area contributed by atoms with Gasteiger partial charge in [-0.15, -0.1) is 0 Å². The smallest absolute Gasteiger partial charge is 0.251 e. The largest absolute Gasteiger partial charge is 0.352 e. The predicted octanol–water partition coefficient (Wildman–Crippen LogP) is 1.37. The van der Waals surface area contributed by atoms with Gasteiger partial charge in [-0.3, -0.25) is 4.79 Å². The van der Waals surface area contributed by atoms with Crippen molar-refractivity contribution in [2.24, 2.45) is 17.0 Å². The molecule has 1 aliphatic carbocycles. The quantitative estimate of drug-likeness (QED) is 0.880.